The van der Waals surface area contributed by atoms with Crippen LogP contribution in [0.2, 0.25) is 5.02 Å². The molecule has 0 unspecified atom stereocenters. The third kappa shape index (κ3) is 2.78. The number of nitrogens with one attached hydrogen (secondary N) is 1. The summed E-state index contributed by atoms with van der Waals surface area (Å²) in [6.45, 7) is 0.876. The minimum absolute atomic E-state index is 0.268. The molecule has 0 saturated carbocycles. The van der Waals surface area contributed by atoms with Gasteiger partial charge in [0.15, 0.2) is 0 Å². The lowest BCUT2D eigenvalue weighted by Crippen LogP contribution is -2.23. The first kappa shape index (κ1) is 14.5. The number of benzene rings is 1. The molecule has 7 heteroatoms. The highest BCUT2D eigenvalue weighted by Crippen LogP contribution is 2.23. The smallest absolute Gasteiger partial charge is 0.414 e. The van der Waals surface area contributed by atoms with Crippen LogP contribution in [0.3, 0.4) is 0 Å². The lowest BCUT2D eigenvalue weighted by Gasteiger charge is -2.14. The van der Waals surface area contributed by atoms with E-state index in [-0.39, 0.29) is 12.0 Å². The fourth-order valence-corrected chi connectivity index (χ4v) is 2.57. The standard InChI is InChI=1S/C15H14ClN3O3/c1-18-9-10(16)7-13(18)14(20)17-11-3-2-4-12(8-11)19-5-6-22-15(19)21/h2-4,7-9H,5-6H2,1H3,(H,17,20). The third-order valence-electron chi connectivity index (χ3n) is 3.38. The Kier molecular flexibility index (Phi) is 3.77. The van der Waals surface area contributed by atoms with E-state index in [1.165, 1.54) is 4.90 Å². The van der Waals surface area contributed by atoms with E-state index in [9.17, 15) is 9.59 Å². The van der Waals surface area contributed by atoms with Crippen molar-refractivity contribution in [2.45, 2.75) is 0 Å². The molecule has 1 saturated heterocycles. The van der Waals surface area contributed by atoms with Gasteiger partial charge in [-0.05, 0) is 24.3 Å². The molecular weight excluding hydrogens is 306 g/mol. The van der Waals surface area contributed by atoms with Gasteiger partial charge >= 0.3 is 6.09 Å². The van der Waals surface area contributed by atoms with E-state index in [4.69, 9.17) is 16.3 Å². The maximum atomic E-state index is 12.2. The van der Waals surface area contributed by atoms with Crippen LogP contribution >= 0.6 is 11.6 Å². The number of cyclic esters (lactones) is 1. The molecule has 6 nitrogen and oxygen atoms in total. The van der Waals surface area contributed by atoms with Crippen LogP contribution in [0, 0.1) is 0 Å². The van der Waals surface area contributed by atoms with Gasteiger partial charge < -0.3 is 14.6 Å². The highest BCUT2D eigenvalue weighted by atomic mass is 35.5. The Hall–Kier alpha value is -2.47. The Morgan fingerprint density at radius 2 is 2.18 bits per heavy atom. The molecule has 114 valence electrons. The molecule has 0 radical (unpaired) electrons. The van der Waals surface area contributed by atoms with Gasteiger partial charge in [-0.2, -0.15) is 0 Å². The van der Waals surface area contributed by atoms with E-state index in [0.29, 0.717) is 35.2 Å². The van der Waals surface area contributed by atoms with E-state index in [1.54, 1.807) is 48.1 Å². The Balaban J connectivity index is 1.79. The van der Waals surface area contributed by atoms with E-state index in [0.717, 1.165) is 0 Å². The van der Waals surface area contributed by atoms with Crippen LogP contribution in [0.1, 0.15) is 10.5 Å². The number of aryl methyl sites for hydroxylation is 1. The van der Waals surface area contributed by atoms with Crippen LogP contribution in [-0.2, 0) is 11.8 Å². The van der Waals surface area contributed by atoms with Crippen LogP contribution in [-0.4, -0.2) is 29.7 Å². The minimum atomic E-state index is -0.377. The first-order valence-corrected chi connectivity index (χ1v) is 7.10. The minimum Gasteiger partial charge on any atom is -0.447 e. The predicted octanol–water partition coefficient (Wildman–Crippen LogP) is 2.89. The molecule has 1 aliphatic heterocycles. The summed E-state index contributed by atoms with van der Waals surface area (Å²) in [6, 6.07) is 8.65. The topological polar surface area (TPSA) is 63.6 Å². The average Bonchev–Trinajstić information content (AvgIpc) is 3.04. The Morgan fingerprint density at radius 1 is 1.36 bits per heavy atom. The van der Waals surface area contributed by atoms with E-state index in [2.05, 4.69) is 5.32 Å². The van der Waals surface area contributed by atoms with E-state index >= 15 is 0 Å². The summed E-state index contributed by atoms with van der Waals surface area (Å²) < 4.78 is 6.56. The highest BCUT2D eigenvalue weighted by Gasteiger charge is 2.23. The molecule has 1 aliphatic rings. The summed E-state index contributed by atoms with van der Waals surface area (Å²) in [6.07, 6.45) is 1.28. The molecule has 2 heterocycles. The summed E-state index contributed by atoms with van der Waals surface area (Å²) in [5.41, 5.74) is 1.74. The number of anilines is 2. The van der Waals surface area contributed by atoms with Gasteiger partial charge in [-0.15, -0.1) is 0 Å². The number of carbonyl (C=O) groups is 2. The highest BCUT2D eigenvalue weighted by molar-refractivity contribution is 6.31. The zero-order valence-corrected chi connectivity index (χ0v) is 12.6. The summed E-state index contributed by atoms with van der Waals surface area (Å²) in [5.74, 6) is -0.268. The Morgan fingerprint density at radius 3 is 2.82 bits per heavy atom. The number of hydrogen-bond donors (Lipinski definition) is 1. The normalized spacial score (nSPS) is 14.1. The van der Waals surface area contributed by atoms with Crippen LogP contribution < -0.4 is 10.2 Å². The van der Waals surface area contributed by atoms with E-state index < -0.39 is 0 Å². The van der Waals surface area contributed by atoms with Gasteiger partial charge in [0.2, 0.25) is 0 Å². The van der Waals surface area contributed by atoms with Crippen molar-refractivity contribution >= 4 is 35.0 Å². The molecule has 0 spiro atoms. The van der Waals surface area contributed by atoms with Gasteiger partial charge in [0.25, 0.3) is 5.91 Å². The van der Waals surface area contributed by atoms with Crippen molar-refractivity contribution in [1.29, 1.82) is 0 Å². The molecule has 1 N–H and O–H groups in total. The molecule has 1 aromatic heterocycles. The molecule has 1 aromatic carbocycles. The summed E-state index contributed by atoms with van der Waals surface area (Å²) >= 11 is 5.88. The number of carbonyl (C=O) groups excluding carboxylic acids is 2. The summed E-state index contributed by atoms with van der Waals surface area (Å²) in [5, 5.41) is 3.29. The molecule has 3 rings (SSSR count). The molecular formula is C15H14ClN3O3. The quantitative estimate of drug-likeness (QED) is 0.946. The van der Waals surface area contributed by atoms with Crippen LogP contribution in [0.15, 0.2) is 36.5 Å². The average molecular weight is 320 g/mol. The van der Waals surface area contributed by atoms with Crippen molar-refractivity contribution in [3.05, 3.63) is 47.2 Å². The number of rotatable bonds is 3. The number of ether oxygens (including phenoxy) is 1. The molecule has 1 fully saturated rings. The van der Waals surface area contributed by atoms with Crippen LogP contribution in [0.5, 0.6) is 0 Å². The first-order valence-electron chi connectivity index (χ1n) is 6.72. The van der Waals surface area contributed by atoms with Crippen molar-refractivity contribution in [2.75, 3.05) is 23.4 Å². The lowest BCUT2D eigenvalue weighted by atomic mass is 10.2. The molecule has 22 heavy (non-hydrogen) atoms. The second-order valence-electron chi connectivity index (χ2n) is 4.92. The van der Waals surface area contributed by atoms with Gasteiger partial charge in [0, 0.05) is 24.6 Å². The first-order chi connectivity index (χ1) is 10.5. The van der Waals surface area contributed by atoms with Crippen molar-refractivity contribution in [1.82, 2.24) is 4.57 Å². The second-order valence-corrected chi connectivity index (χ2v) is 5.36. The maximum Gasteiger partial charge on any atom is 0.414 e. The molecule has 0 aliphatic carbocycles. The van der Waals surface area contributed by atoms with Crippen LogP contribution in [0.25, 0.3) is 0 Å². The van der Waals surface area contributed by atoms with Gasteiger partial charge in [-0.25, -0.2) is 4.79 Å². The fraction of sp³-hybridized carbons (Fsp3) is 0.200. The predicted molar refractivity (Wildman–Crippen MR) is 83.5 cm³/mol. The fourth-order valence-electron chi connectivity index (χ4n) is 2.32. The van der Waals surface area contributed by atoms with E-state index in [1.807, 2.05) is 0 Å². The zero-order valence-electron chi connectivity index (χ0n) is 11.9. The van der Waals surface area contributed by atoms with Crippen molar-refractivity contribution in [2.24, 2.45) is 7.05 Å². The number of aromatic nitrogens is 1. The lowest BCUT2D eigenvalue weighted by molar-refractivity contribution is 0.101. The van der Waals surface area contributed by atoms with Gasteiger partial charge in [-0.1, -0.05) is 17.7 Å². The largest absolute Gasteiger partial charge is 0.447 e. The van der Waals surface area contributed by atoms with Gasteiger partial charge in [0.05, 0.1) is 11.6 Å². The number of amides is 2. The van der Waals surface area contributed by atoms with Gasteiger partial charge in [0.1, 0.15) is 12.3 Å². The SMILES string of the molecule is Cn1cc(Cl)cc1C(=O)Nc1cccc(N2CCOC2=O)c1. The van der Waals surface area contributed by atoms with Crippen molar-refractivity contribution < 1.29 is 14.3 Å². The number of halogens is 1. The third-order valence-corrected chi connectivity index (χ3v) is 3.59. The Labute approximate surface area is 132 Å². The second kappa shape index (κ2) is 5.73. The maximum absolute atomic E-state index is 12.2. The van der Waals surface area contributed by atoms with Crippen molar-refractivity contribution in [3.63, 3.8) is 0 Å². The van der Waals surface area contributed by atoms with Gasteiger partial charge in [-0.3, -0.25) is 9.69 Å². The summed E-state index contributed by atoms with van der Waals surface area (Å²) in [4.78, 5) is 25.3. The monoisotopic (exact) mass is 319 g/mol. The molecule has 2 aromatic rings. The van der Waals surface area contributed by atoms with Crippen LogP contribution in [0.4, 0.5) is 16.2 Å². The molecule has 2 amide bonds. The van der Waals surface area contributed by atoms with Crippen molar-refractivity contribution in [3.8, 4) is 0 Å². The Bertz CT molecular complexity index is 741. The summed E-state index contributed by atoms with van der Waals surface area (Å²) in [7, 11) is 1.75. The zero-order chi connectivity index (χ0) is 15.7. The number of hydrogen-bond acceptors (Lipinski definition) is 3. The molecule has 0 bridgehead atoms. The molecule has 0 atom stereocenters. The number of nitrogens with zero attached hydrogens (tertiary/aromatic N) is 2.